The van der Waals surface area contributed by atoms with Crippen molar-refractivity contribution in [1.29, 1.82) is 0 Å². The first kappa shape index (κ1) is 20.4. The van der Waals surface area contributed by atoms with Crippen LogP contribution in [0.15, 0.2) is 75.6 Å². The minimum absolute atomic E-state index is 0.0227. The number of nitro groups is 1. The fraction of sp³-hybridized carbons (Fsp3) is 0. The Morgan fingerprint density at radius 2 is 1.82 bits per heavy atom. The highest BCUT2D eigenvalue weighted by atomic mass is 35.5. The third-order valence-corrected chi connectivity index (χ3v) is 6.64. The van der Waals surface area contributed by atoms with Crippen LogP contribution >= 0.6 is 35.0 Å². The molecule has 0 aliphatic carbocycles. The molecule has 11 heteroatoms. The van der Waals surface area contributed by atoms with E-state index >= 15 is 0 Å². The van der Waals surface area contributed by atoms with Crippen LogP contribution in [0.25, 0.3) is 0 Å². The molecule has 0 bridgehead atoms. The summed E-state index contributed by atoms with van der Waals surface area (Å²) in [7, 11) is -4.01. The van der Waals surface area contributed by atoms with E-state index < -0.39 is 14.9 Å². The molecule has 0 unspecified atom stereocenters. The lowest BCUT2D eigenvalue weighted by Gasteiger charge is -2.13. The van der Waals surface area contributed by atoms with E-state index in [9.17, 15) is 18.5 Å². The highest BCUT2D eigenvalue weighted by molar-refractivity contribution is 7.99. The predicted octanol–water partition coefficient (Wildman–Crippen LogP) is 5.25. The van der Waals surface area contributed by atoms with E-state index in [0.717, 1.165) is 11.8 Å². The zero-order valence-corrected chi connectivity index (χ0v) is 17.0. The second kappa shape index (κ2) is 8.36. The molecular weight excluding hydrogens is 445 g/mol. The molecule has 0 aliphatic rings. The second-order valence-electron chi connectivity index (χ2n) is 5.36. The van der Waals surface area contributed by atoms with Crippen LogP contribution < -0.4 is 4.72 Å². The Balaban J connectivity index is 1.96. The Labute approximate surface area is 174 Å². The van der Waals surface area contributed by atoms with E-state index in [2.05, 4.69) is 9.71 Å². The molecule has 1 heterocycles. The summed E-state index contributed by atoms with van der Waals surface area (Å²) in [5, 5.41) is 11.6. The van der Waals surface area contributed by atoms with E-state index in [1.165, 1.54) is 36.5 Å². The van der Waals surface area contributed by atoms with E-state index in [1.54, 1.807) is 24.3 Å². The molecule has 3 rings (SSSR count). The van der Waals surface area contributed by atoms with Gasteiger partial charge in [0.15, 0.2) is 5.03 Å². The van der Waals surface area contributed by atoms with Crippen molar-refractivity contribution in [2.75, 3.05) is 4.72 Å². The van der Waals surface area contributed by atoms with Crippen molar-refractivity contribution in [3.8, 4) is 0 Å². The van der Waals surface area contributed by atoms with E-state index in [4.69, 9.17) is 23.2 Å². The van der Waals surface area contributed by atoms with Gasteiger partial charge in [-0.3, -0.25) is 14.8 Å². The first-order valence-corrected chi connectivity index (χ1v) is 10.7. The summed E-state index contributed by atoms with van der Waals surface area (Å²) in [6, 6.07) is 13.3. The standard InChI is InChI=1S/C17H11Cl2N3O4S2/c18-11-7-8-16(12(19)10-11)28(25,26)21-13-4-1-2-6-15(13)27-17-14(22(23)24)5-3-9-20-17/h1-10,21H. The van der Waals surface area contributed by atoms with Gasteiger partial charge in [-0.05, 0) is 36.4 Å². The molecule has 0 spiro atoms. The fourth-order valence-electron chi connectivity index (χ4n) is 2.24. The highest BCUT2D eigenvalue weighted by Crippen LogP contribution is 2.37. The summed E-state index contributed by atoms with van der Waals surface area (Å²) in [6.45, 7) is 0. The summed E-state index contributed by atoms with van der Waals surface area (Å²) in [5.74, 6) is 0. The lowest BCUT2D eigenvalue weighted by atomic mass is 10.3. The van der Waals surface area contributed by atoms with Gasteiger partial charge in [-0.1, -0.05) is 47.1 Å². The van der Waals surface area contributed by atoms with Crippen molar-refractivity contribution in [3.05, 3.63) is 81.0 Å². The van der Waals surface area contributed by atoms with E-state index in [1.807, 2.05) is 0 Å². The maximum atomic E-state index is 12.7. The summed E-state index contributed by atoms with van der Waals surface area (Å²) >= 11 is 12.8. The number of nitrogens with zero attached hydrogens (tertiary/aromatic N) is 2. The van der Waals surface area contributed by atoms with Crippen molar-refractivity contribution in [1.82, 2.24) is 4.98 Å². The number of anilines is 1. The number of pyridine rings is 1. The zero-order valence-electron chi connectivity index (χ0n) is 13.9. The second-order valence-corrected chi connectivity index (χ2v) is 8.89. The molecular formula is C17H11Cl2N3O4S2. The zero-order chi connectivity index (χ0) is 20.3. The van der Waals surface area contributed by atoms with Gasteiger partial charge in [0.1, 0.15) is 4.90 Å². The van der Waals surface area contributed by atoms with Crippen LogP contribution in [0.3, 0.4) is 0 Å². The number of rotatable bonds is 6. The molecule has 1 N–H and O–H groups in total. The van der Waals surface area contributed by atoms with Gasteiger partial charge in [0.05, 0.1) is 15.6 Å². The quantitative estimate of drug-likeness (QED) is 0.402. The molecule has 7 nitrogen and oxygen atoms in total. The maximum absolute atomic E-state index is 12.7. The normalized spacial score (nSPS) is 11.2. The van der Waals surface area contributed by atoms with Crippen molar-refractivity contribution in [2.45, 2.75) is 14.8 Å². The summed E-state index contributed by atoms with van der Waals surface area (Å²) in [4.78, 5) is 15.0. The highest BCUT2D eigenvalue weighted by Gasteiger charge is 2.21. The summed E-state index contributed by atoms with van der Waals surface area (Å²) in [6.07, 6.45) is 1.43. The van der Waals surface area contributed by atoms with Gasteiger partial charge in [-0.25, -0.2) is 13.4 Å². The number of aromatic nitrogens is 1. The van der Waals surface area contributed by atoms with Gasteiger partial charge < -0.3 is 0 Å². The molecule has 0 saturated carbocycles. The van der Waals surface area contributed by atoms with Gasteiger partial charge in [0, 0.05) is 22.2 Å². The average molecular weight is 456 g/mol. The predicted molar refractivity (Wildman–Crippen MR) is 109 cm³/mol. The molecule has 0 saturated heterocycles. The monoisotopic (exact) mass is 455 g/mol. The molecule has 2 aromatic carbocycles. The van der Waals surface area contributed by atoms with Crippen LogP contribution in [-0.4, -0.2) is 18.3 Å². The number of hydrogen-bond donors (Lipinski definition) is 1. The number of hydrogen-bond acceptors (Lipinski definition) is 6. The Hall–Kier alpha value is -2.33. The van der Waals surface area contributed by atoms with Crippen molar-refractivity contribution in [3.63, 3.8) is 0 Å². The van der Waals surface area contributed by atoms with Crippen molar-refractivity contribution < 1.29 is 13.3 Å². The van der Waals surface area contributed by atoms with Crippen LogP contribution in [-0.2, 0) is 10.0 Å². The minimum Gasteiger partial charge on any atom is -0.278 e. The van der Waals surface area contributed by atoms with Gasteiger partial charge >= 0.3 is 5.69 Å². The molecule has 0 atom stereocenters. The molecule has 144 valence electrons. The minimum atomic E-state index is -4.01. The summed E-state index contributed by atoms with van der Waals surface area (Å²) < 4.78 is 27.9. The third-order valence-electron chi connectivity index (χ3n) is 3.47. The SMILES string of the molecule is O=[N+]([O-])c1cccnc1Sc1ccccc1NS(=O)(=O)c1ccc(Cl)cc1Cl. The molecule has 0 radical (unpaired) electrons. The van der Waals surface area contributed by atoms with Gasteiger partial charge in [-0.15, -0.1) is 0 Å². The van der Waals surface area contributed by atoms with Crippen LogP contribution in [0.2, 0.25) is 10.0 Å². The molecule has 28 heavy (non-hydrogen) atoms. The molecule has 3 aromatic rings. The van der Waals surface area contributed by atoms with Crippen molar-refractivity contribution >= 4 is 56.4 Å². The number of benzene rings is 2. The van der Waals surface area contributed by atoms with Gasteiger partial charge in [-0.2, -0.15) is 0 Å². The van der Waals surface area contributed by atoms with Gasteiger partial charge in [0.2, 0.25) is 0 Å². The number of halogens is 2. The first-order valence-electron chi connectivity index (χ1n) is 7.62. The number of nitrogens with one attached hydrogen (secondary N) is 1. The van der Waals surface area contributed by atoms with Crippen molar-refractivity contribution in [2.24, 2.45) is 0 Å². The molecule has 0 aliphatic heterocycles. The Kier molecular flexibility index (Phi) is 6.09. The fourth-order valence-corrected chi connectivity index (χ4v) is 5.10. The van der Waals surface area contributed by atoms with Crippen LogP contribution in [0.4, 0.5) is 11.4 Å². The topological polar surface area (TPSA) is 102 Å². The average Bonchev–Trinajstić information content (AvgIpc) is 2.63. The third kappa shape index (κ3) is 4.56. The van der Waals surface area contributed by atoms with E-state index in [-0.39, 0.29) is 26.3 Å². The molecule has 1 aromatic heterocycles. The van der Waals surface area contributed by atoms with Crippen LogP contribution in [0, 0.1) is 10.1 Å². The Bertz CT molecular complexity index is 1160. The smallest absolute Gasteiger partial charge is 0.278 e. The summed E-state index contributed by atoms with van der Waals surface area (Å²) in [5.41, 5.74) is 0.0596. The maximum Gasteiger partial charge on any atom is 0.301 e. The van der Waals surface area contributed by atoms with E-state index in [0.29, 0.717) is 9.92 Å². The van der Waals surface area contributed by atoms with Crippen LogP contribution in [0.5, 0.6) is 0 Å². The lowest BCUT2D eigenvalue weighted by Crippen LogP contribution is -2.14. The Morgan fingerprint density at radius 1 is 1.07 bits per heavy atom. The molecule has 0 fully saturated rings. The van der Waals surface area contributed by atoms with Gasteiger partial charge in [0.25, 0.3) is 10.0 Å². The number of sulfonamides is 1. The van der Waals surface area contributed by atoms with Crippen LogP contribution in [0.1, 0.15) is 0 Å². The largest absolute Gasteiger partial charge is 0.301 e. The first-order chi connectivity index (χ1) is 13.3. The Morgan fingerprint density at radius 3 is 2.54 bits per heavy atom. The number of para-hydroxylation sites is 1. The lowest BCUT2D eigenvalue weighted by molar-refractivity contribution is -0.388. The molecule has 0 amide bonds.